The molecule has 6 nitrogen and oxygen atoms in total. The Bertz CT molecular complexity index is 905. The van der Waals surface area contributed by atoms with Gasteiger partial charge in [-0.05, 0) is 19.9 Å². The molecule has 25 heavy (non-hydrogen) atoms. The quantitative estimate of drug-likeness (QED) is 0.667. The molecule has 0 aromatic heterocycles. The van der Waals surface area contributed by atoms with Gasteiger partial charge in [-0.25, -0.2) is 0 Å². The minimum Gasteiger partial charge on any atom is -0.507 e. The molecule has 2 aromatic rings. The van der Waals surface area contributed by atoms with Crippen LogP contribution in [0.1, 0.15) is 31.9 Å². The zero-order valence-corrected chi connectivity index (χ0v) is 14.6. The summed E-state index contributed by atoms with van der Waals surface area (Å²) in [5.74, 6) is -0.574. The molecule has 2 aromatic carbocycles. The van der Waals surface area contributed by atoms with Crippen LogP contribution in [-0.4, -0.2) is 30.4 Å². The molecule has 1 N–H and O–H groups in total. The summed E-state index contributed by atoms with van der Waals surface area (Å²) in [5.41, 5.74) is 0.702. The maximum atomic E-state index is 11.7. The van der Waals surface area contributed by atoms with Crippen LogP contribution in [0.15, 0.2) is 18.2 Å². The SMILES string of the molecule is COc1cccc2c(OC(C)=O)c3c(c(O)c12)[C@]1(C)OC[C@](C)(C3)O1. The summed E-state index contributed by atoms with van der Waals surface area (Å²) in [6.45, 7) is 5.48. The van der Waals surface area contributed by atoms with Crippen molar-refractivity contribution in [1.29, 1.82) is 0 Å². The third kappa shape index (κ3) is 2.21. The van der Waals surface area contributed by atoms with E-state index < -0.39 is 17.4 Å². The fraction of sp³-hybridized carbons (Fsp3) is 0.421. The van der Waals surface area contributed by atoms with Gasteiger partial charge in [0.1, 0.15) is 17.2 Å². The number of ether oxygens (including phenoxy) is 4. The number of phenolic OH excluding ortho intramolecular Hbond substituents is 1. The number of rotatable bonds is 2. The molecule has 2 heterocycles. The second-order valence-corrected chi connectivity index (χ2v) is 6.97. The summed E-state index contributed by atoms with van der Waals surface area (Å²) in [5, 5.41) is 12.2. The fourth-order valence-corrected chi connectivity index (χ4v) is 4.00. The number of hydrogen-bond donors (Lipinski definition) is 1. The molecular formula is C19H20O6. The Labute approximate surface area is 145 Å². The Morgan fingerprint density at radius 2 is 2.08 bits per heavy atom. The van der Waals surface area contributed by atoms with Crippen LogP contribution < -0.4 is 9.47 Å². The smallest absolute Gasteiger partial charge is 0.308 e. The van der Waals surface area contributed by atoms with Gasteiger partial charge in [0.25, 0.3) is 0 Å². The molecule has 0 radical (unpaired) electrons. The molecule has 2 aliphatic rings. The van der Waals surface area contributed by atoms with Gasteiger partial charge in [-0.1, -0.05) is 12.1 Å². The molecule has 6 heteroatoms. The largest absolute Gasteiger partial charge is 0.507 e. The zero-order valence-electron chi connectivity index (χ0n) is 14.6. The van der Waals surface area contributed by atoms with Crippen LogP contribution in [0.3, 0.4) is 0 Å². The average Bonchev–Trinajstić information content (AvgIpc) is 2.80. The Kier molecular flexibility index (Phi) is 3.30. The highest BCUT2D eigenvalue weighted by Crippen LogP contribution is 2.56. The minimum atomic E-state index is -1.10. The van der Waals surface area contributed by atoms with E-state index in [0.717, 1.165) is 5.56 Å². The highest BCUT2D eigenvalue weighted by Gasteiger charge is 2.54. The molecule has 0 spiro atoms. The van der Waals surface area contributed by atoms with Crippen LogP contribution >= 0.6 is 0 Å². The highest BCUT2D eigenvalue weighted by atomic mass is 16.8. The van der Waals surface area contributed by atoms with Crippen molar-refractivity contribution in [3.63, 3.8) is 0 Å². The summed E-state index contributed by atoms with van der Waals surface area (Å²) in [6.07, 6.45) is 0.473. The minimum absolute atomic E-state index is 0.0322. The van der Waals surface area contributed by atoms with E-state index in [-0.39, 0.29) is 5.75 Å². The predicted molar refractivity (Wildman–Crippen MR) is 90.0 cm³/mol. The van der Waals surface area contributed by atoms with Crippen molar-refractivity contribution in [2.45, 2.75) is 38.6 Å². The van der Waals surface area contributed by atoms with E-state index in [2.05, 4.69) is 0 Å². The molecule has 0 unspecified atom stereocenters. The topological polar surface area (TPSA) is 74.2 Å². The number of benzene rings is 2. The molecule has 1 saturated heterocycles. The first kappa shape index (κ1) is 16.2. The van der Waals surface area contributed by atoms with Gasteiger partial charge >= 0.3 is 5.97 Å². The van der Waals surface area contributed by atoms with Crippen LogP contribution in [-0.2, 0) is 26.5 Å². The third-order valence-corrected chi connectivity index (χ3v) is 4.88. The molecule has 4 rings (SSSR count). The maximum absolute atomic E-state index is 11.7. The van der Waals surface area contributed by atoms with E-state index in [9.17, 15) is 9.90 Å². The van der Waals surface area contributed by atoms with Crippen LogP contribution in [0, 0.1) is 0 Å². The van der Waals surface area contributed by atoms with Gasteiger partial charge in [0, 0.05) is 24.3 Å². The van der Waals surface area contributed by atoms with Crippen LogP contribution in [0.25, 0.3) is 10.8 Å². The van der Waals surface area contributed by atoms with Crippen molar-refractivity contribution < 1.29 is 28.8 Å². The molecule has 1 fully saturated rings. The summed E-state index contributed by atoms with van der Waals surface area (Å²) in [4.78, 5) is 11.7. The molecule has 0 saturated carbocycles. The second-order valence-electron chi connectivity index (χ2n) is 6.97. The third-order valence-electron chi connectivity index (χ3n) is 4.88. The van der Waals surface area contributed by atoms with E-state index in [1.54, 1.807) is 25.1 Å². The Balaban J connectivity index is 2.14. The van der Waals surface area contributed by atoms with Crippen LogP contribution in [0.4, 0.5) is 0 Å². The lowest BCUT2D eigenvalue weighted by molar-refractivity contribution is -0.188. The molecule has 2 atom stereocenters. The van der Waals surface area contributed by atoms with Crippen molar-refractivity contribution >= 4 is 16.7 Å². The van der Waals surface area contributed by atoms with Gasteiger partial charge in [0.2, 0.25) is 0 Å². The lowest BCUT2D eigenvalue weighted by atomic mass is 9.84. The molecule has 0 amide bonds. The molecule has 132 valence electrons. The van der Waals surface area contributed by atoms with Crippen molar-refractivity contribution in [3.05, 3.63) is 29.3 Å². The first-order chi connectivity index (χ1) is 11.8. The first-order valence-electron chi connectivity index (χ1n) is 8.15. The van der Waals surface area contributed by atoms with Crippen molar-refractivity contribution in [2.75, 3.05) is 13.7 Å². The Hall–Kier alpha value is -2.31. The highest BCUT2D eigenvalue weighted by molar-refractivity contribution is 6.01. The van der Waals surface area contributed by atoms with Gasteiger partial charge in [-0.2, -0.15) is 0 Å². The summed E-state index contributed by atoms with van der Waals surface area (Å²) < 4.78 is 23.0. The number of phenols is 1. The summed E-state index contributed by atoms with van der Waals surface area (Å²) in [6, 6.07) is 5.35. The number of esters is 1. The lowest BCUT2D eigenvalue weighted by Crippen LogP contribution is -2.39. The standard InChI is InChI=1S/C19H20O6/c1-10(20)24-17-11-6-5-7-13(22-4)14(11)16(21)15-12(17)8-18(2)9-23-19(15,3)25-18/h5-7,21H,8-9H2,1-4H3/t18-,19+/m0/s1. The van der Waals surface area contributed by atoms with Gasteiger partial charge in [0.05, 0.1) is 30.3 Å². The molecular weight excluding hydrogens is 324 g/mol. The maximum Gasteiger partial charge on any atom is 0.308 e. The van der Waals surface area contributed by atoms with Crippen molar-refractivity contribution in [1.82, 2.24) is 0 Å². The normalized spacial score (nSPS) is 27.2. The second kappa shape index (κ2) is 5.09. The Morgan fingerprint density at radius 3 is 2.76 bits per heavy atom. The number of methoxy groups -OCH3 is 1. The van der Waals surface area contributed by atoms with Gasteiger partial charge in [-0.15, -0.1) is 0 Å². The van der Waals surface area contributed by atoms with E-state index >= 15 is 0 Å². The van der Waals surface area contributed by atoms with Crippen molar-refractivity contribution in [2.24, 2.45) is 0 Å². The van der Waals surface area contributed by atoms with Crippen LogP contribution in [0.5, 0.6) is 17.2 Å². The first-order valence-corrected chi connectivity index (χ1v) is 8.15. The molecule has 2 bridgehead atoms. The number of aromatic hydroxyl groups is 1. The van der Waals surface area contributed by atoms with Crippen LogP contribution in [0.2, 0.25) is 0 Å². The fourth-order valence-electron chi connectivity index (χ4n) is 4.00. The molecule has 0 aliphatic carbocycles. The van der Waals surface area contributed by atoms with Gasteiger partial charge < -0.3 is 24.1 Å². The van der Waals surface area contributed by atoms with E-state index in [4.69, 9.17) is 18.9 Å². The van der Waals surface area contributed by atoms with Gasteiger partial charge in [-0.3, -0.25) is 4.79 Å². The number of carbonyl (C=O) groups excluding carboxylic acids is 1. The number of hydrogen-bond acceptors (Lipinski definition) is 6. The number of carbonyl (C=O) groups is 1. The Morgan fingerprint density at radius 1 is 1.32 bits per heavy atom. The lowest BCUT2D eigenvalue weighted by Gasteiger charge is -2.37. The van der Waals surface area contributed by atoms with Crippen molar-refractivity contribution in [3.8, 4) is 17.2 Å². The van der Waals surface area contributed by atoms with E-state index in [0.29, 0.717) is 40.9 Å². The predicted octanol–water partition coefficient (Wildman–Crippen LogP) is 3.01. The van der Waals surface area contributed by atoms with E-state index in [1.807, 2.05) is 6.92 Å². The average molecular weight is 344 g/mol. The zero-order chi connectivity index (χ0) is 18.0. The summed E-state index contributed by atoms with van der Waals surface area (Å²) >= 11 is 0. The summed E-state index contributed by atoms with van der Waals surface area (Å²) in [7, 11) is 1.53. The van der Waals surface area contributed by atoms with Gasteiger partial charge in [0.15, 0.2) is 5.79 Å². The van der Waals surface area contributed by atoms with E-state index in [1.165, 1.54) is 14.0 Å². The number of fused-ring (bicyclic) bond motifs is 5. The molecule has 2 aliphatic heterocycles. The monoisotopic (exact) mass is 344 g/mol.